The average Bonchev–Trinajstić information content (AvgIpc) is 2.78. The van der Waals surface area contributed by atoms with Gasteiger partial charge in [0.25, 0.3) is 0 Å². The number of halogens is 1. The minimum absolute atomic E-state index is 0.328. The van der Waals surface area contributed by atoms with Crippen molar-refractivity contribution in [2.45, 2.75) is 0 Å². The van der Waals surface area contributed by atoms with E-state index in [9.17, 15) is 4.39 Å². The number of nitrogens with zero attached hydrogens (tertiary/aromatic N) is 2. The van der Waals surface area contributed by atoms with E-state index in [0.29, 0.717) is 10.6 Å². The molecule has 2 aromatic heterocycles. The number of rotatable bonds is 2. The van der Waals surface area contributed by atoms with E-state index in [4.69, 9.17) is 0 Å². The van der Waals surface area contributed by atoms with Crippen LogP contribution in [-0.4, -0.2) is 9.97 Å². The van der Waals surface area contributed by atoms with Gasteiger partial charge in [-0.05, 0) is 24.4 Å². The highest BCUT2D eigenvalue weighted by atomic mass is 32.1. The van der Waals surface area contributed by atoms with Gasteiger partial charge in [0.05, 0.1) is 16.8 Å². The van der Waals surface area contributed by atoms with E-state index in [1.807, 2.05) is 11.4 Å². The fourth-order valence-corrected chi connectivity index (χ4v) is 2.06. The summed E-state index contributed by atoms with van der Waals surface area (Å²) < 4.78 is 13.4. The topological polar surface area (TPSA) is 25.8 Å². The van der Waals surface area contributed by atoms with Gasteiger partial charge in [0.2, 0.25) is 0 Å². The summed E-state index contributed by atoms with van der Waals surface area (Å²) in [5.41, 5.74) is 1.43. The zero-order valence-electron chi connectivity index (χ0n) is 7.85. The number of hydrogen-bond donors (Lipinski definition) is 0. The lowest BCUT2D eigenvalue weighted by atomic mass is 10.2. The molecule has 0 aliphatic rings. The molecule has 0 aliphatic carbocycles. The molecule has 15 heavy (non-hydrogen) atoms. The van der Waals surface area contributed by atoms with Crippen LogP contribution in [0.25, 0.3) is 17.1 Å². The molecule has 0 spiro atoms. The summed E-state index contributed by atoms with van der Waals surface area (Å²) in [6.07, 6.45) is 5.99. The predicted octanol–water partition coefficient (Wildman–Crippen LogP) is 3.35. The monoisotopic (exact) mass is 219 g/mol. The highest BCUT2D eigenvalue weighted by molar-refractivity contribution is 7.11. The zero-order chi connectivity index (χ0) is 10.7. The Morgan fingerprint density at radius 1 is 1.47 bits per heavy atom. The molecule has 1 radical (unpaired) electrons. The van der Waals surface area contributed by atoms with E-state index in [1.165, 1.54) is 17.4 Å². The summed E-state index contributed by atoms with van der Waals surface area (Å²) in [6.45, 7) is 3.41. The van der Waals surface area contributed by atoms with Gasteiger partial charge in [0.15, 0.2) is 0 Å². The second-order valence-electron chi connectivity index (χ2n) is 2.81. The number of hydrogen-bond acceptors (Lipinski definition) is 3. The van der Waals surface area contributed by atoms with Crippen LogP contribution in [0.3, 0.4) is 0 Å². The van der Waals surface area contributed by atoms with Crippen LogP contribution < -0.4 is 0 Å². The first-order chi connectivity index (χ1) is 7.33. The fourth-order valence-electron chi connectivity index (χ4n) is 1.23. The van der Waals surface area contributed by atoms with Crippen LogP contribution in [0, 0.1) is 6.92 Å². The number of aromatic nitrogens is 2. The number of thiophene rings is 1. The summed E-state index contributed by atoms with van der Waals surface area (Å²) >= 11 is 1.33. The van der Waals surface area contributed by atoms with Crippen molar-refractivity contribution in [3.05, 3.63) is 47.9 Å². The maximum atomic E-state index is 13.4. The summed E-state index contributed by atoms with van der Waals surface area (Å²) in [7, 11) is 0. The Labute approximate surface area is 91.1 Å². The quantitative estimate of drug-likeness (QED) is 0.774. The molecule has 0 saturated heterocycles. The van der Waals surface area contributed by atoms with Crippen molar-refractivity contribution in [3.8, 4) is 11.3 Å². The van der Waals surface area contributed by atoms with Gasteiger partial charge >= 0.3 is 0 Å². The van der Waals surface area contributed by atoms with Crippen LogP contribution in [0.5, 0.6) is 0 Å². The third kappa shape index (κ3) is 1.94. The Morgan fingerprint density at radius 2 is 2.33 bits per heavy atom. The summed E-state index contributed by atoms with van der Waals surface area (Å²) in [5.74, 6) is -0.328. The molecule has 0 aromatic carbocycles. The lowest BCUT2D eigenvalue weighted by Gasteiger charge is -1.99. The molecule has 0 saturated carbocycles. The average molecular weight is 219 g/mol. The summed E-state index contributed by atoms with van der Waals surface area (Å²) in [6, 6.07) is 1.83. The molecule has 2 nitrogen and oxygen atoms in total. The van der Waals surface area contributed by atoms with E-state index in [2.05, 4.69) is 16.9 Å². The fraction of sp³-hybridized carbons (Fsp3) is 0. The van der Waals surface area contributed by atoms with Gasteiger partial charge in [0.1, 0.15) is 5.83 Å². The van der Waals surface area contributed by atoms with Gasteiger partial charge in [-0.2, -0.15) is 0 Å². The van der Waals surface area contributed by atoms with E-state index < -0.39 is 0 Å². The predicted molar refractivity (Wildman–Crippen MR) is 59.8 cm³/mol. The molecule has 75 valence electrons. The van der Waals surface area contributed by atoms with Gasteiger partial charge in [-0.3, -0.25) is 9.97 Å². The highest BCUT2D eigenvalue weighted by Crippen LogP contribution is 2.32. The minimum atomic E-state index is -0.328. The van der Waals surface area contributed by atoms with Gasteiger partial charge in [-0.1, -0.05) is 0 Å². The molecule has 0 unspecified atom stereocenters. The maximum absolute atomic E-state index is 13.4. The third-order valence-electron chi connectivity index (χ3n) is 1.90. The van der Waals surface area contributed by atoms with E-state index in [-0.39, 0.29) is 5.83 Å². The molecule has 2 heterocycles. The number of allylic oxidation sites excluding steroid dienone is 1. The Morgan fingerprint density at radius 3 is 3.00 bits per heavy atom. The standard InChI is InChI=1S/C11H8FN2S/c1-2-9(12)11-8(3-6-15-11)10-7-13-4-5-14-10/h2-7H,1H2/b9-2-. The molecule has 2 aromatic rings. The Bertz CT molecular complexity index is 476. The molecule has 0 aliphatic heterocycles. The minimum Gasteiger partial charge on any atom is -0.261 e. The van der Waals surface area contributed by atoms with Crippen LogP contribution in [-0.2, 0) is 0 Å². The first kappa shape index (κ1) is 9.98. The summed E-state index contributed by atoms with van der Waals surface area (Å²) in [5, 5.41) is 1.82. The van der Waals surface area contributed by atoms with Crippen LogP contribution in [0.2, 0.25) is 0 Å². The lowest BCUT2D eigenvalue weighted by Crippen LogP contribution is -1.84. The van der Waals surface area contributed by atoms with Gasteiger partial charge in [0, 0.05) is 18.0 Å². The van der Waals surface area contributed by atoms with Crippen molar-refractivity contribution in [1.29, 1.82) is 0 Å². The first-order valence-electron chi connectivity index (χ1n) is 4.32. The second-order valence-corrected chi connectivity index (χ2v) is 3.72. The van der Waals surface area contributed by atoms with Crippen molar-refractivity contribution in [2.75, 3.05) is 0 Å². The van der Waals surface area contributed by atoms with Crippen molar-refractivity contribution in [1.82, 2.24) is 9.97 Å². The lowest BCUT2D eigenvalue weighted by molar-refractivity contribution is 0.764. The Hall–Kier alpha value is -1.55. The normalized spacial score (nSPS) is 11.7. The molecule has 0 amide bonds. The van der Waals surface area contributed by atoms with E-state index >= 15 is 0 Å². The molecule has 0 N–H and O–H groups in total. The van der Waals surface area contributed by atoms with E-state index in [1.54, 1.807) is 18.6 Å². The molecule has 0 atom stereocenters. The van der Waals surface area contributed by atoms with Crippen LogP contribution in [0.1, 0.15) is 4.88 Å². The molecule has 2 rings (SSSR count). The summed E-state index contributed by atoms with van der Waals surface area (Å²) in [4.78, 5) is 8.63. The van der Waals surface area contributed by atoms with Crippen LogP contribution in [0.15, 0.2) is 36.1 Å². The molecule has 0 fully saturated rings. The SMILES string of the molecule is [CH2]/C=C(\F)c1sccc1-c1cnccn1. The Balaban J connectivity index is 2.51. The van der Waals surface area contributed by atoms with Gasteiger partial charge in [-0.25, -0.2) is 4.39 Å². The largest absolute Gasteiger partial charge is 0.261 e. The third-order valence-corrected chi connectivity index (χ3v) is 2.82. The van der Waals surface area contributed by atoms with Crippen molar-refractivity contribution < 1.29 is 4.39 Å². The van der Waals surface area contributed by atoms with Crippen molar-refractivity contribution >= 4 is 17.2 Å². The molecule has 4 heteroatoms. The van der Waals surface area contributed by atoms with Gasteiger partial charge in [-0.15, -0.1) is 11.3 Å². The molecule has 0 bridgehead atoms. The van der Waals surface area contributed by atoms with Gasteiger partial charge < -0.3 is 0 Å². The van der Waals surface area contributed by atoms with E-state index in [0.717, 1.165) is 5.56 Å². The van der Waals surface area contributed by atoms with Crippen LogP contribution >= 0.6 is 11.3 Å². The first-order valence-corrected chi connectivity index (χ1v) is 5.20. The molecular weight excluding hydrogens is 211 g/mol. The Kier molecular flexibility index (Phi) is 2.87. The van der Waals surface area contributed by atoms with Crippen molar-refractivity contribution in [3.63, 3.8) is 0 Å². The van der Waals surface area contributed by atoms with Crippen molar-refractivity contribution in [2.24, 2.45) is 0 Å². The molecular formula is C11H8FN2S. The van der Waals surface area contributed by atoms with Crippen LogP contribution in [0.4, 0.5) is 4.39 Å². The second kappa shape index (κ2) is 4.31. The zero-order valence-corrected chi connectivity index (χ0v) is 8.67. The maximum Gasteiger partial charge on any atom is 0.137 e. The highest BCUT2D eigenvalue weighted by Gasteiger charge is 2.11. The smallest absolute Gasteiger partial charge is 0.137 e.